The number of allylic oxidation sites excluding steroid dienone is 2. The zero-order chi connectivity index (χ0) is 10.4. The molecule has 0 aromatic heterocycles. The van der Waals surface area contributed by atoms with Crippen molar-refractivity contribution in [3.05, 3.63) is 24.3 Å². The van der Waals surface area contributed by atoms with Crippen molar-refractivity contribution in [1.82, 2.24) is 0 Å². The lowest BCUT2D eigenvalue weighted by molar-refractivity contribution is -0.137. The van der Waals surface area contributed by atoms with Gasteiger partial charge in [-0.1, -0.05) is 23.8 Å². The van der Waals surface area contributed by atoms with E-state index in [-0.39, 0.29) is 6.42 Å². The normalized spacial score (nSPS) is 18.4. The first kappa shape index (κ1) is 11.3. The van der Waals surface area contributed by atoms with E-state index in [4.69, 9.17) is 21.4 Å². The molecule has 1 N–H and O–H groups in total. The summed E-state index contributed by atoms with van der Waals surface area (Å²) >= 11 is 6.05. The van der Waals surface area contributed by atoms with Gasteiger partial charge in [-0.15, -0.1) is 0 Å². The maximum atomic E-state index is 10.2. The minimum atomic E-state index is -0.864. The third kappa shape index (κ3) is 3.94. The maximum Gasteiger partial charge on any atom is 0.303 e. The molecule has 1 rings (SSSR count). The Balaban J connectivity index is 2.23. The van der Waals surface area contributed by atoms with Crippen LogP contribution in [0.4, 0.5) is 0 Å². The van der Waals surface area contributed by atoms with Crippen LogP contribution in [0.25, 0.3) is 0 Å². The van der Waals surface area contributed by atoms with Crippen LogP contribution in [0, 0.1) is 0 Å². The van der Waals surface area contributed by atoms with Crippen LogP contribution in [0.2, 0.25) is 0 Å². The summed E-state index contributed by atoms with van der Waals surface area (Å²) in [6.45, 7) is 0.352. The van der Waals surface area contributed by atoms with E-state index in [0.29, 0.717) is 13.0 Å². The number of halogens is 1. The Hall–Kier alpha value is -0.800. The monoisotopic (exact) mass is 216 g/mol. The molecule has 0 fully saturated rings. The van der Waals surface area contributed by atoms with E-state index in [2.05, 4.69) is 0 Å². The van der Waals surface area contributed by atoms with Crippen LogP contribution in [0.1, 0.15) is 19.3 Å². The van der Waals surface area contributed by atoms with Gasteiger partial charge in [0.25, 0.3) is 0 Å². The Morgan fingerprint density at radius 2 is 2.14 bits per heavy atom. The number of aliphatic carboxylic acids is 1. The van der Waals surface area contributed by atoms with Crippen LogP contribution in [-0.4, -0.2) is 22.7 Å². The molecule has 0 radical (unpaired) electrons. The van der Waals surface area contributed by atoms with E-state index in [1.807, 2.05) is 12.2 Å². The first-order valence-electron chi connectivity index (χ1n) is 4.52. The van der Waals surface area contributed by atoms with Crippen molar-refractivity contribution in [2.24, 2.45) is 0 Å². The molecule has 0 spiro atoms. The second-order valence-corrected chi connectivity index (χ2v) is 3.67. The maximum absolute atomic E-state index is 10.2. The van der Waals surface area contributed by atoms with E-state index < -0.39 is 11.0 Å². The average Bonchev–Trinajstić information content (AvgIpc) is 2.14. The van der Waals surface area contributed by atoms with Gasteiger partial charge in [0.2, 0.25) is 0 Å². The van der Waals surface area contributed by atoms with Crippen LogP contribution in [0.5, 0.6) is 0 Å². The molecule has 0 aromatic rings. The Kier molecular flexibility index (Phi) is 4.17. The fourth-order valence-electron chi connectivity index (χ4n) is 1.14. The molecule has 1 aliphatic carbocycles. The summed E-state index contributed by atoms with van der Waals surface area (Å²) in [7, 11) is 0. The topological polar surface area (TPSA) is 46.5 Å². The van der Waals surface area contributed by atoms with E-state index in [0.717, 1.165) is 6.42 Å². The van der Waals surface area contributed by atoms with Crippen molar-refractivity contribution >= 4 is 17.6 Å². The van der Waals surface area contributed by atoms with Crippen LogP contribution >= 0.6 is 11.6 Å². The number of hydrogen-bond donors (Lipinski definition) is 1. The molecule has 14 heavy (non-hydrogen) atoms. The van der Waals surface area contributed by atoms with Crippen molar-refractivity contribution in [2.75, 3.05) is 6.61 Å². The minimum Gasteiger partial charge on any atom is -0.481 e. The number of carbonyl (C=O) groups is 1. The molecule has 0 amide bonds. The zero-order valence-corrected chi connectivity index (χ0v) is 8.54. The van der Waals surface area contributed by atoms with E-state index in [9.17, 15) is 4.79 Å². The predicted molar refractivity (Wildman–Crippen MR) is 54.3 cm³/mol. The van der Waals surface area contributed by atoms with E-state index in [1.165, 1.54) is 0 Å². The Morgan fingerprint density at radius 3 is 2.71 bits per heavy atom. The lowest BCUT2D eigenvalue weighted by atomic mass is 10.1. The second kappa shape index (κ2) is 5.17. The zero-order valence-electron chi connectivity index (χ0n) is 7.78. The van der Waals surface area contributed by atoms with Gasteiger partial charge >= 0.3 is 5.97 Å². The van der Waals surface area contributed by atoms with Gasteiger partial charge < -0.3 is 9.84 Å². The minimum absolute atomic E-state index is 0.112. The highest BCUT2D eigenvalue weighted by Crippen LogP contribution is 2.24. The molecule has 0 saturated carbocycles. The van der Waals surface area contributed by atoms with Crippen LogP contribution in [-0.2, 0) is 9.53 Å². The van der Waals surface area contributed by atoms with Gasteiger partial charge in [-0.05, 0) is 25.0 Å². The van der Waals surface area contributed by atoms with Gasteiger partial charge in [0.15, 0.2) is 5.06 Å². The SMILES string of the molecule is O=C(O)CCCOC1(Cl)C=CCC=C1. The summed E-state index contributed by atoms with van der Waals surface area (Å²) in [4.78, 5) is 10.2. The predicted octanol–water partition coefficient (Wildman–Crippen LogP) is 2.32. The summed E-state index contributed by atoms with van der Waals surface area (Å²) in [6.07, 6.45) is 8.85. The lowest BCUT2D eigenvalue weighted by Crippen LogP contribution is -2.22. The number of hydrogen-bond acceptors (Lipinski definition) is 2. The molecule has 3 nitrogen and oxygen atoms in total. The van der Waals surface area contributed by atoms with Gasteiger partial charge in [-0.3, -0.25) is 4.79 Å². The first-order chi connectivity index (χ1) is 6.62. The standard InChI is InChI=1S/C10H13ClO3/c11-10(6-2-1-3-7-10)14-8-4-5-9(12)13/h2-3,6-7H,1,4-5,8H2,(H,12,13). The largest absolute Gasteiger partial charge is 0.481 e. The number of carboxylic acids is 1. The summed E-state index contributed by atoms with van der Waals surface area (Å²) in [5.41, 5.74) is 0. The second-order valence-electron chi connectivity index (χ2n) is 3.08. The number of ether oxygens (including phenoxy) is 1. The molecule has 0 aliphatic heterocycles. The number of carboxylic acid groups (broad SMARTS) is 1. The van der Waals surface area contributed by atoms with Crippen LogP contribution < -0.4 is 0 Å². The molecule has 4 heteroatoms. The highest BCUT2D eigenvalue weighted by Gasteiger charge is 2.21. The third-order valence-electron chi connectivity index (χ3n) is 1.82. The van der Waals surface area contributed by atoms with Gasteiger partial charge in [0.1, 0.15) is 0 Å². The molecule has 78 valence electrons. The van der Waals surface area contributed by atoms with Crippen molar-refractivity contribution in [1.29, 1.82) is 0 Å². The number of rotatable bonds is 5. The highest BCUT2D eigenvalue weighted by atomic mass is 35.5. The van der Waals surface area contributed by atoms with Crippen LogP contribution in [0.3, 0.4) is 0 Å². The van der Waals surface area contributed by atoms with Gasteiger partial charge in [-0.25, -0.2) is 0 Å². The molecule has 0 bridgehead atoms. The fraction of sp³-hybridized carbons (Fsp3) is 0.500. The van der Waals surface area contributed by atoms with Gasteiger partial charge in [0, 0.05) is 6.42 Å². The highest BCUT2D eigenvalue weighted by molar-refractivity contribution is 6.25. The summed E-state index contributed by atoms with van der Waals surface area (Å²) in [5, 5.41) is 7.53. The molecule has 0 unspecified atom stereocenters. The average molecular weight is 217 g/mol. The first-order valence-corrected chi connectivity index (χ1v) is 4.90. The Labute approximate surface area is 88.0 Å². The summed E-state index contributed by atoms with van der Waals surface area (Å²) < 4.78 is 5.35. The molecule has 1 aliphatic rings. The fourth-order valence-corrected chi connectivity index (χ4v) is 1.40. The quantitative estimate of drug-likeness (QED) is 0.436. The smallest absolute Gasteiger partial charge is 0.303 e. The lowest BCUT2D eigenvalue weighted by Gasteiger charge is -2.21. The summed E-state index contributed by atoms with van der Waals surface area (Å²) in [6, 6.07) is 0. The Bertz CT molecular complexity index is 246. The molecule has 0 atom stereocenters. The van der Waals surface area contributed by atoms with E-state index in [1.54, 1.807) is 12.2 Å². The van der Waals surface area contributed by atoms with Crippen molar-refractivity contribution in [3.63, 3.8) is 0 Å². The third-order valence-corrected chi connectivity index (χ3v) is 2.18. The molecule has 0 heterocycles. The molecular formula is C10H13ClO3. The number of alkyl halides is 1. The molecular weight excluding hydrogens is 204 g/mol. The molecule has 0 aromatic carbocycles. The molecule has 0 saturated heterocycles. The van der Waals surface area contributed by atoms with Crippen molar-refractivity contribution < 1.29 is 14.6 Å². The van der Waals surface area contributed by atoms with Crippen molar-refractivity contribution in [2.45, 2.75) is 24.3 Å². The van der Waals surface area contributed by atoms with Gasteiger partial charge in [-0.2, -0.15) is 0 Å². The van der Waals surface area contributed by atoms with E-state index >= 15 is 0 Å². The van der Waals surface area contributed by atoms with Crippen molar-refractivity contribution in [3.8, 4) is 0 Å². The van der Waals surface area contributed by atoms with Gasteiger partial charge in [0.05, 0.1) is 6.61 Å². The van der Waals surface area contributed by atoms with Crippen LogP contribution in [0.15, 0.2) is 24.3 Å². The summed E-state index contributed by atoms with van der Waals surface area (Å²) in [5.74, 6) is -0.813. The Morgan fingerprint density at radius 1 is 1.50 bits per heavy atom.